The number of anilines is 2. The number of nitrogens with one attached hydrogen (secondary N) is 1. The predicted octanol–water partition coefficient (Wildman–Crippen LogP) is 6.52. The summed E-state index contributed by atoms with van der Waals surface area (Å²) in [6.45, 7) is 10.7. The monoisotopic (exact) mass is 525 g/mol. The first-order valence-electron chi connectivity index (χ1n) is 13.2. The Kier molecular flexibility index (Phi) is 7.38. The quantitative estimate of drug-likeness (QED) is 0.264. The van der Waals surface area contributed by atoms with Crippen LogP contribution in [0.15, 0.2) is 79.0 Å². The number of benzene rings is 2. The topological polar surface area (TPSA) is 45.6 Å². The Hall–Kier alpha value is -3.84. The van der Waals surface area contributed by atoms with Crippen molar-refractivity contribution in [2.45, 2.75) is 39.8 Å². The molecule has 0 saturated carbocycles. The Morgan fingerprint density at radius 3 is 2.37 bits per heavy atom. The van der Waals surface area contributed by atoms with Crippen LogP contribution in [-0.2, 0) is 0 Å². The van der Waals surface area contributed by atoms with Gasteiger partial charge in [0, 0.05) is 53.8 Å². The number of pyridine rings is 1. The van der Waals surface area contributed by atoms with Crippen LogP contribution >= 0.6 is 12.2 Å². The Labute approximate surface area is 230 Å². The van der Waals surface area contributed by atoms with Crippen molar-refractivity contribution in [3.8, 4) is 11.4 Å². The van der Waals surface area contributed by atoms with E-state index in [2.05, 4.69) is 89.8 Å². The van der Waals surface area contributed by atoms with Gasteiger partial charge >= 0.3 is 0 Å². The maximum Gasteiger partial charge on any atom is 0.174 e. The molecule has 1 saturated heterocycles. The minimum absolute atomic E-state index is 0.0839. The standard InChI is InChI=1S/C31H35N5OS/c1-6-34(7-2)23-14-16-24(17-15-23)35-21(3)19-27(22(35)4)30-29(28-13-8-9-18-32-28)33-31(38)36(30)25-11-10-12-26(20-25)37-5/h8-20,29-30H,6-7H2,1-5H3,(H,33,38)/t29-,30-/m0/s1. The van der Waals surface area contributed by atoms with Gasteiger partial charge in [-0.15, -0.1) is 0 Å². The summed E-state index contributed by atoms with van der Waals surface area (Å²) in [5, 5.41) is 4.25. The molecule has 4 aromatic rings. The van der Waals surface area contributed by atoms with E-state index in [9.17, 15) is 0 Å². The Morgan fingerprint density at radius 2 is 1.71 bits per heavy atom. The van der Waals surface area contributed by atoms with Crippen molar-refractivity contribution in [2.75, 3.05) is 30.0 Å². The molecule has 6 nitrogen and oxygen atoms in total. The highest BCUT2D eigenvalue weighted by Crippen LogP contribution is 2.44. The van der Waals surface area contributed by atoms with Crippen LogP contribution in [0.25, 0.3) is 5.69 Å². The Morgan fingerprint density at radius 1 is 0.947 bits per heavy atom. The van der Waals surface area contributed by atoms with E-state index in [-0.39, 0.29) is 12.1 Å². The van der Waals surface area contributed by atoms with Crippen molar-refractivity contribution in [3.05, 3.63) is 102 Å². The molecule has 1 aliphatic heterocycles. The molecule has 7 heteroatoms. The molecule has 0 aliphatic carbocycles. The van der Waals surface area contributed by atoms with Gasteiger partial charge in [-0.3, -0.25) is 4.98 Å². The summed E-state index contributed by atoms with van der Waals surface area (Å²) < 4.78 is 7.87. The molecule has 2 aromatic heterocycles. The van der Waals surface area contributed by atoms with Gasteiger partial charge < -0.3 is 24.4 Å². The Balaban J connectivity index is 1.61. The number of methoxy groups -OCH3 is 1. The van der Waals surface area contributed by atoms with E-state index in [4.69, 9.17) is 21.9 Å². The fourth-order valence-corrected chi connectivity index (χ4v) is 5.94. The molecule has 1 N–H and O–H groups in total. The maximum absolute atomic E-state index is 5.93. The third kappa shape index (κ3) is 4.63. The van der Waals surface area contributed by atoms with Gasteiger partial charge in [-0.1, -0.05) is 12.1 Å². The smallest absolute Gasteiger partial charge is 0.174 e. The number of aromatic nitrogens is 2. The second-order valence-electron chi connectivity index (χ2n) is 9.55. The van der Waals surface area contributed by atoms with Crippen LogP contribution < -0.4 is 19.9 Å². The van der Waals surface area contributed by atoms with Gasteiger partial charge in [-0.25, -0.2) is 0 Å². The van der Waals surface area contributed by atoms with Crippen molar-refractivity contribution < 1.29 is 4.74 Å². The van der Waals surface area contributed by atoms with Crippen LogP contribution in [0.2, 0.25) is 0 Å². The lowest BCUT2D eigenvalue weighted by Gasteiger charge is -2.28. The van der Waals surface area contributed by atoms with Crippen molar-refractivity contribution in [1.29, 1.82) is 0 Å². The zero-order valence-corrected chi connectivity index (χ0v) is 23.5. The molecule has 38 heavy (non-hydrogen) atoms. The van der Waals surface area contributed by atoms with Crippen LogP contribution in [0, 0.1) is 13.8 Å². The molecule has 5 rings (SSSR count). The maximum atomic E-state index is 5.93. The SMILES string of the molecule is CCN(CC)c1ccc(-n2c(C)cc([C@H]3[C@H](c4ccccn4)NC(=S)N3c3cccc(OC)c3)c2C)cc1. The van der Waals surface area contributed by atoms with Crippen LogP contribution in [0.1, 0.15) is 48.6 Å². The normalized spacial score (nSPS) is 17.0. The molecular formula is C31H35N5OS. The van der Waals surface area contributed by atoms with Gasteiger partial charge in [0.05, 0.1) is 24.9 Å². The van der Waals surface area contributed by atoms with Crippen LogP contribution in [-0.4, -0.2) is 34.9 Å². The first-order valence-corrected chi connectivity index (χ1v) is 13.6. The third-order valence-electron chi connectivity index (χ3n) is 7.46. The molecule has 1 fully saturated rings. The highest BCUT2D eigenvalue weighted by molar-refractivity contribution is 7.80. The lowest BCUT2D eigenvalue weighted by molar-refractivity contribution is 0.415. The highest BCUT2D eigenvalue weighted by Gasteiger charge is 2.42. The van der Waals surface area contributed by atoms with E-state index in [1.165, 1.54) is 22.6 Å². The van der Waals surface area contributed by atoms with E-state index >= 15 is 0 Å². The fraction of sp³-hybridized carbons (Fsp3) is 0.290. The first kappa shape index (κ1) is 25.8. The van der Waals surface area contributed by atoms with Gasteiger partial charge in [0.1, 0.15) is 5.75 Å². The van der Waals surface area contributed by atoms with Crippen molar-refractivity contribution >= 4 is 28.7 Å². The van der Waals surface area contributed by atoms with E-state index in [1.807, 2.05) is 36.5 Å². The summed E-state index contributed by atoms with van der Waals surface area (Å²) >= 11 is 5.93. The molecule has 1 aliphatic rings. The van der Waals surface area contributed by atoms with Crippen LogP contribution in [0.3, 0.4) is 0 Å². The Bertz CT molecular complexity index is 1410. The fourth-order valence-electron chi connectivity index (χ4n) is 5.59. The van der Waals surface area contributed by atoms with Gasteiger partial charge in [0.25, 0.3) is 0 Å². The minimum atomic E-state index is -0.103. The van der Waals surface area contributed by atoms with Gasteiger partial charge in [-0.05, 0) is 100 Å². The number of rotatable bonds is 8. The van der Waals surface area contributed by atoms with Crippen molar-refractivity contribution in [2.24, 2.45) is 0 Å². The van der Waals surface area contributed by atoms with E-state index in [1.54, 1.807) is 7.11 Å². The second-order valence-corrected chi connectivity index (χ2v) is 9.94. The molecular weight excluding hydrogens is 490 g/mol. The number of aryl methyl sites for hydroxylation is 1. The van der Waals surface area contributed by atoms with Gasteiger partial charge in [-0.2, -0.15) is 0 Å². The van der Waals surface area contributed by atoms with Crippen LogP contribution in [0.4, 0.5) is 11.4 Å². The summed E-state index contributed by atoms with van der Waals surface area (Å²) in [5.41, 5.74) is 7.90. The molecule has 196 valence electrons. The molecule has 2 aromatic carbocycles. The van der Waals surface area contributed by atoms with E-state index in [0.29, 0.717) is 5.11 Å². The van der Waals surface area contributed by atoms with E-state index < -0.39 is 0 Å². The van der Waals surface area contributed by atoms with Crippen LogP contribution in [0.5, 0.6) is 5.75 Å². The number of hydrogen-bond donors (Lipinski definition) is 1. The lowest BCUT2D eigenvalue weighted by atomic mass is 9.96. The summed E-state index contributed by atoms with van der Waals surface area (Å²) in [6, 6.07) is 25.1. The number of hydrogen-bond acceptors (Lipinski definition) is 4. The van der Waals surface area contributed by atoms with Crippen molar-refractivity contribution in [3.63, 3.8) is 0 Å². The molecule has 0 bridgehead atoms. The first-order chi connectivity index (χ1) is 18.5. The second kappa shape index (κ2) is 10.9. The average Bonchev–Trinajstić information content (AvgIpc) is 3.45. The van der Waals surface area contributed by atoms with E-state index in [0.717, 1.165) is 35.9 Å². The number of nitrogens with zero attached hydrogens (tertiary/aromatic N) is 4. The molecule has 0 radical (unpaired) electrons. The zero-order valence-electron chi connectivity index (χ0n) is 22.7. The summed E-state index contributed by atoms with van der Waals surface area (Å²) in [5.74, 6) is 0.795. The summed E-state index contributed by atoms with van der Waals surface area (Å²) in [6.07, 6.45) is 1.84. The molecule has 2 atom stereocenters. The van der Waals surface area contributed by atoms with Gasteiger partial charge in [0.15, 0.2) is 5.11 Å². The predicted molar refractivity (Wildman–Crippen MR) is 160 cm³/mol. The summed E-state index contributed by atoms with van der Waals surface area (Å²) in [4.78, 5) is 9.27. The van der Waals surface area contributed by atoms with Gasteiger partial charge in [0.2, 0.25) is 0 Å². The lowest BCUT2D eigenvalue weighted by Crippen LogP contribution is -2.29. The third-order valence-corrected chi connectivity index (χ3v) is 7.77. The molecule has 3 heterocycles. The number of thiocarbonyl (C=S) groups is 1. The average molecular weight is 526 g/mol. The zero-order chi connectivity index (χ0) is 26.8. The molecule has 0 unspecified atom stereocenters. The molecule has 0 amide bonds. The summed E-state index contributed by atoms with van der Waals surface area (Å²) in [7, 11) is 1.69. The molecule has 0 spiro atoms. The largest absolute Gasteiger partial charge is 0.497 e. The van der Waals surface area contributed by atoms with Crippen molar-refractivity contribution in [1.82, 2.24) is 14.9 Å². The minimum Gasteiger partial charge on any atom is -0.497 e. The highest BCUT2D eigenvalue weighted by atomic mass is 32.1. The number of ether oxygens (including phenoxy) is 1.